The van der Waals surface area contributed by atoms with E-state index in [4.69, 9.17) is 0 Å². The third kappa shape index (κ3) is 3.95. The number of aryl methyl sites for hydroxylation is 1. The van der Waals surface area contributed by atoms with Gasteiger partial charge in [-0.2, -0.15) is 0 Å². The van der Waals surface area contributed by atoms with Gasteiger partial charge in [-0.3, -0.25) is 23.5 Å². The molecular formula is C20H23N5O4S. The van der Waals surface area contributed by atoms with E-state index in [1.165, 1.54) is 30.3 Å². The van der Waals surface area contributed by atoms with Gasteiger partial charge >= 0.3 is 5.69 Å². The van der Waals surface area contributed by atoms with Gasteiger partial charge in [-0.05, 0) is 45.0 Å². The summed E-state index contributed by atoms with van der Waals surface area (Å²) in [5.41, 5.74) is 0.900. The predicted molar refractivity (Wildman–Crippen MR) is 116 cm³/mol. The predicted octanol–water partition coefficient (Wildman–Crippen LogP) is 1.95. The Morgan fingerprint density at radius 1 is 1.10 bits per heavy atom. The van der Waals surface area contributed by atoms with E-state index in [2.05, 4.69) is 10.3 Å². The molecule has 3 rings (SSSR count). The highest BCUT2D eigenvalue weighted by Gasteiger charge is 2.21. The molecule has 3 aromatic rings. The number of amides is 1. The Labute approximate surface area is 176 Å². The Morgan fingerprint density at radius 3 is 2.30 bits per heavy atom. The summed E-state index contributed by atoms with van der Waals surface area (Å²) >= 11 is 1.19. The molecule has 0 bridgehead atoms. The molecule has 2 aromatic heterocycles. The number of Topliss-reactive ketones (excluding diaryl/α,β-unsaturated/α-hetero) is 1. The number of thioether (sulfide) groups is 1. The van der Waals surface area contributed by atoms with Crippen LogP contribution in [-0.4, -0.2) is 36.1 Å². The quantitative estimate of drug-likeness (QED) is 0.474. The molecule has 10 heteroatoms. The van der Waals surface area contributed by atoms with Crippen molar-refractivity contribution in [3.8, 4) is 0 Å². The molecule has 1 aromatic carbocycles. The van der Waals surface area contributed by atoms with E-state index < -0.39 is 11.2 Å². The lowest BCUT2D eigenvalue weighted by Gasteiger charge is -2.12. The number of imidazole rings is 1. The van der Waals surface area contributed by atoms with Crippen molar-refractivity contribution in [2.45, 2.75) is 32.0 Å². The van der Waals surface area contributed by atoms with Crippen LogP contribution in [0.4, 0.5) is 5.69 Å². The van der Waals surface area contributed by atoms with E-state index >= 15 is 0 Å². The average molecular weight is 430 g/mol. The normalized spacial score (nSPS) is 11.3. The summed E-state index contributed by atoms with van der Waals surface area (Å²) in [6, 6.07) is 6.55. The maximum Gasteiger partial charge on any atom is 0.332 e. The van der Waals surface area contributed by atoms with E-state index in [-0.39, 0.29) is 23.5 Å². The Balaban J connectivity index is 1.86. The second kappa shape index (κ2) is 8.31. The molecule has 0 spiro atoms. The SMILES string of the molecule is CC(=O)c1ccc(NC(=O)CSc2nc3c(c(=O)n(C)c(=O)n3C)n2C(C)C)cc1. The molecule has 158 valence electrons. The molecule has 0 fully saturated rings. The number of carbonyl (C=O) groups is 2. The summed E-state index contributed by atoms with van der Waals surface area (Å²) in [4.78, 5) is 53.1. The van der Waals surface area contributed by atoms with Crippen LogP contribution in [0.1, 0.15) is 37.2 Å². The van der Waals surface area contributed by atoms with Crippen LogP contribution in [0.2, 0.25) is 0 Å². The number of anilines is 1. The molecule has 0 aliphatic rings. The van der Waals surface area contributed by atoms with Crippen LogP contribution in [0.15, 0.2) is 39.0 Å². The number of nitrogens with zero attached hydrogens (tertiary/aromatic N) is 4. The van der Waals surface area contributed by atoms with Gasteiger partial charge in [-0.25, -0.2) is 9.78 Å². The lowest BCUT2D eigenvalue weighted by molar-refractivity contribution is -0.113. The van der Waals surface area contributed by atoms with Crippen LogP contribution in [0.3, 0.4) is 0 Å². The van der Waals surface area contributed by atoms with E-state index in [0.717, 1.165) is 4.57 Å². The van der Waals surface area contributed by atoms with Gasteiger partial charge in [0.15, 0.2) is 22.1 Å². The number of carbonyl (C=O) groups excluding carboxylic acids is 2. The molecule has 0 saturated carbocycles. The van der Waals surface area contributed by atoms with Crippen LogP contribution < -0.4 is 16.6 Å². The first-order valence-corrected chi connectivity index (χ1v) is 10.3. The molecule has 1 N–H and O–H groups in total. The minimum Gasteiger partial charge on any atom is -0.325 e. The van der Waals surface area contributed by atoms with Crippen LogP contribution in [0.25, 0.3) is 11.2 Å². The molecule has 0 unspecified atom stereocenters. The zero-order valence-corrected chi connectivity index (χ0v) is 18.2. The topological polar surface area (TPSA) is 108 Å². The van der Waals surface area contributed by atoms with Crippen molar-refractivity contribution in [1.82, 2.24) is 18.7 Å². The Hall–Kier alpha value is -3.14. The second-order valence-corrected chi connectivity index (χ2v) is 8.15. The van der Waals surface area contributed by atoms with Gasteiger partial charge in [-0.15, -0.1) is 0 Å². The molecule has 0 atom stereocenters. The van der Waals surface area contributed by atoms with Crippen LogP contribution in [0, 0.1) is 0 Å². The molecule has 0 saturated heterocycles. The maximum atomic E-state index is 12.7. The van der Waals surface area contributed by atoms with Gasteiger partial charge in [0, 0.05) is 31.4 Å². The fourth-order valence-corrected chi connectivity index (χ4v) is 4.02. The van der Waals surface area contributed by atoms with Gasteiger partial charge < -0.3 is 9.88 Å². The summed E-state index contributed by atoms with van der Waals surface area (Å²) in [6.07, 6.45) is 0. The highest BCUT2D eigenvalue weighted by Crippen LogP contribution is 2.25. The zero-order chi connectivity index (χ0) is 22.2. The number of nitrogens with one attached hydrogen (secondary N) is 1. The monoisotopic (exact) mass is 429 g/mol. The smallest absolute Gasteiger partial charge is 0.325 e. The number of hydrogen-bond acceptors (Lipinski definition) is 6. The summed E-state index contributed by atoms with van der Waals surface area (Å²) in [5, 5.41) is 3.26. The van der Waals surface area contributed by atoms with E-state index in [1.807, 2.05) is 13.8 Å². The number of fused-ring (bicyclic) bond motifs is 1. The minimum absolute atomic E-state index is 0.0448. The highest BCUT2D eigenvalue weighted by molar-refractivity contribution is 7.99. The molecule has 30 heavy (non-hydrogen) atoms. The minimum atomic E-state index is -0.454. The zero-order valence-electron chi connectivity index (χ0n) is 17.4. The largest absolute Gasteiger partial charge is 0.332 e. The molecular weight excluding hydrogens is 406 g/mol. The van der Waals surface area contributed by atoms with Crippen molar-refractivity contribution in [3.63, 3.8) is 0 Å². The fourth-order valence-electron chi connectivity index (χ4n) is 3.09. The van der Waals surface area contributed by atoms with E-state index in [0.29, 0.717) is 27.6 Å². The van der Waals surface area contributed by atoms with Crippen molar-refractivity contribution in [2.24, 2.45) is 14.1 Å². The van der Waals surface area contributed by atoms with E-state index in [1.54, 1.807) is 35.9 Å². The summed E-state index contributed by atoms with van der Waals surface area (Å²) in [7, 11) is 2.99. The van der Waals surface area contributed by atoms with Crippen molar-refractivity contribution in [1.29, 1.82) is 0 Å². The first kappa shape index (κ1) is 21.6. The van der Waals surface area contributed by atoms with E-state index in [9.17, 15) is 19.2 Å². The van der Waals surface area contributed by atoms with Gasteiger partial charge in [0.25, 0.3) is 5.56 Å². The lowest BCUT2D eigenvalue weighted by Crippen LogP contribution is -2.37. The third-order valence-electron chi connectivity index (χ3n) is 4.68. The Morgan fingerprint density at radius 2 is 1.73 bits per heavy atom. The first-order chi connectivity index (χ1) is 14.1. The third-order valence-corrected chi connectivity index (χ3v) is 5.64. The van der Waals surface area contributed by atoms with Crippen molar-refractivity contribution >= 4 is 40.3 Å². The van der Waals surface area contributed by atoms with Gasteiger partial charge in [-0.1, -0.05) is 11.8 Å². The van der Waals surface area contributed by atoms with Crippen LogP contribution in [-0.2, 0) is 18.9 Å². The number of ketones is 1. The maximum absolute atomic E-state index is 12.7. The summed E-state index contributed by atoms with van der Waals surface area (Å²) < 4.78 is 4.13. The summed E-state index contributed by atoms with van der Waals surface area (Å²) in [5.74, 6) is -0.227. The number of aromatic nitrogens is 4. The molecule has 9 nitrogen and oxygen atoms in total. The van der Waals surface area contributed by atoms with Crippen molar-refractivity contribution in [3.05, 3.63) is 50.7 Å². The first-order valence-electron chi connectivity index (χ1n) is 9.33. The number of hydrogen-bond donors (Lipinski definition) is 1. The van der Waals surface area contributed by atoms with Gasteiger partial charge in [0.1, 0.15) is 0 Å². The number of rotatable bonds is 6. The van der Waals surface area contributed by atoms with Gasteiger partial charge in [0.05, 0.1) is 5.75 Å². The molecule has 1 amide bonds. The molecule has 2 heterocycles. The van der Waals surface area contributed by atoms with Gasteiger partial charge in [0.2, 0.25) is 5.91 Å². The van der Waals surface area contributed by atoms with Crippen molar-refractivity contribution < 1.29 is 9.59 Å². The Kier molecular flexibility index (Phi) is 5.97. The lowest BCUT2D eigenvalue weighted by atomic mass is 10.1. The summed E-state index contributed by atoms with van der Waals surface area (Å²) in [6.45, 7) is 5.30. The standard InChI is InChI=1S/C20H23N5O4S/c1-11(2)25-16-17(23(4)20(29)24(5)18(16)28)22-19(25)30-10-15(27)21-14-8-6-13(7-9-14)12(3)26/h6-9,11H,10H2,1-5H3,(H,21,27). The molecule has 0 aliphatic carbocycles. The van der Waals surface area contributed by atoms with Crippen molar-refractivity contribution in [2.75, 3.05) is 11.1 Å². The molecule has 0 aliphatic heterocycles. The Bertz CT molecular complexity index is 1250. The van der Waals surface area contributed by atoms with Crippen LogP contribution in [0.5, 0.6) is 0 Å². The number of benzene rings is 1. The van der Waals surface area contributed by atoms with Crippen LogP contribution >= 0.6 is 11.8 Å². The second-order valence-electron chi connectivity index (χ2n) is 7.21. The molecule has 0 radical (unpaired) electrons. The highest BCUT2D eigenvalue weighted by atomic mass is 32.2. The fraction of sp³-hybridized carbons (Fsp3) is 0.350. The average Bonchev–Trinajstić information content (AvgIpc) is 3.09.